The molecule has 0 saturated carbocycles. The molecule has 1 amide bonds. The summed E-state index contributed by atoms with van der Waals surface area (Å²) >= 11 is 0. The first-order valence-corrected chi connectivity index (χ1v) is 7.18. The molecule has 2 rings (SSSR count). The van der Waals surface area contributed by atoms with Crippen molar-refractivity contribution < 1.29 is 14.3 Å². The Balaban J connectivity index is 2.31. The zero-order valence-electron chi connectivity index (χ0n) is 13.6. The maximum atomic E-state index is 12.0. The van der Waals surface area contributed by atoms with Gasteiger partial charge in [-0.1, -0.05) is 6.07 Å². The first-order chi connectivity index (χ1) is 10.1. The van der Waals surface area contributed by atoms with Gasteiger partial charge in [0, 0.05) is 18.8 Å². The fourth-order valence-electron chi connectivity index (χ4n) is 2.29. The van der Waals surface area contributed by atoms with Crippen LogP contribution in [0.2, 0.25) is 0 Å². The lowest BCUT2D eigenvalue weighted by molar-refractivity contribution is -0.113. The number of hydrogen-bond acceptors (Lipinski definition) is 3. The molecule has 5 heteroatoms. The molecular formula is C17H22N2O3. The molecule has 1 N–H and O–H groups in total. The van der Waals surface area contributed by atoms with Gasteiger partial charge in [0.05, 0.1) is 0 Å². The number of alkyl carbamates (subject to hydrolysis) is 1. The summed E-state index contributed by atoms with van der Waals surface area (Å²) in [7, 11) is 1.96. The average Bonchev–Trinajstić information content (AvgIpc) is 2.77. The molecule has 118 valence electrons. The fraction of sp³-hybridized carbons (Fsp3) is 0.412. The second-order valence-corrected chi connectivity index (χ2v) is 6.65. The van der Waals surface area contributed by atoms with Crippen LogP contribution in [0.4, 0.5) is 4.79 Å². The number of fused-ring (bicyclic) bond motifs is 1. The summed E-state index contributed by atoms with van der Waals surface area (Å²) < 4.78 is 7.23. The first kappa shape index (κ1) is 16.1. The van der Waals surface area contributed by atoms with Crippen LogP contribution in [0, 0.1) is 0 Å². The minimum atomic E-state index is -1.13. The van der Waals surface area contributed by atoms with Crippen molar-refractivity contribution in [1.82, 2.24) is 9.88 Å². The van der Waals surface area contributed by atoms with E-state index in [9.17, 15) is 9.59 Å². The molecule has 1 atom stereocenters. The van der Waals surface area contributed by atoms with Crippen LogP contribution < -0.4 is 5.32 Å². The van der Waals surface area contributed by atoms with Gasteiger partial charge in [-0.3, -0.25) is 0 Å². The predicted octanol–water partition coefficient (Wildman–Crippen LogP) is 3.12. The summed E-state index contributed by atoms with van der Waals surface area (Å²) in [5.74, 6) is 0. The van der Waals surface area contributed by atoms with Gasteiger partial charge in [-0.2, -0.15) is 0 Å². The Morgan fingerprint density at radius 2 is 1.91 bits per heavy atom. The molecule has 0 bridgehead atoms. The van der Waals surface area contributed by atoms with Gasteiger partial charge in [0.25, 0.3) is 0 Å². The first-order valence-electron chi connectivity index (χ1n) is 7.18. The molecule has 1 aromatic carbocycles. The number of carbonyl (C=O) groups excluding carboxylic acids is 2. The normalized spacial score (nSPS) is 14.4. The van der Waals surface area contributed by atoms with Crippen LogP contribution in [-0.4, -0.2) is 22.5 Å². The van der Waals surface area contributed by atoms with Crippen molar-refractivity contribution in [2.24, 2.45) is 7.05 Å². The lowest BCUT2D eigenvalue weighted by Crippen LogP contribution is -2.46. The third-order valence-electron chi connectivity index (χ3n) is 3.48. The van der Waals surface area contributed by atoms with Crippen molar-refractivity contribution in [3.63, 3.8) is 0 Å². The van der Waals surface area contributed by atoms with Gasteiger partial charge in [0.1, 0.15) is 17.4 Å². The molecule has 0 radical (unpaired) electrons. The molecule has 0 aliphatic heterocycles. The molecule has 0 saturated heterocycles. The molecular weight excluding hydrogens is 280 g/mol. The molecule has 1 heterocycles. The predicted molar refractivity (Wildman–Crippen MR) is 85.7 cm³/mol. The minimum Gasteiger partial charge on any atom is -0.444 e. The summed E-state index contributed by atoms with van der Waals surface area (Å²) in [6.07, 6.45) is 2.06. The highest BCUT2D eigenvalue weighted by Crippen LogP contribution is 2.24. The highest BCUT2D eigenvalue weighted by atomic mass is 16.6. The third kappa shape index (κ3) is 3.30. The zero-order chi connectivity index (χ0) is 16.5. The monoisotopic (exact) mass is 302 g/mol. The zero-order valence-corrected chi connectivity index (χ0v) is 13.6. The van der Waals surface area contributed by atoms with Crippen LogP contribution in [0.1, 0.15) is 33.3 Å². The Bertz CT molecular complexity index is 712. The number of hydrogen-bond donors (Lipinski definition) is 1. The Kier molecular flexibility index (Phi) is 4.00. The van der Waals surface area contributed by atoms with Crippen molar-refractivity contribution in [2.75, 3.05) is 0 Å². The van der Waals surface area contributed by atoms with Crippen molar-refractivity contribution in [2.45, 2.75) is 38.8 Å². The number of ether oxygens (including phenoxy) is 1. The van der Waals surface area contributed by atoms with Crippen molar-refractivity contribution in [3.8, 4) is 0 Å². The Morgan fingerprint density at radius 3 is 2.50 bits per heavy atom. The third-order valence-corrected chi connectivity index (χ3v) is 3.48. The van der Waals surface area contributed by atoms with Crippen LogP contribution in [-0.2, 0) is 22.1 Å². The lowest BCUT2D eigenvalue weighted by Gasteiger charge is -2.28. The summed E-state index contributed by atoms with van der Waals surface area (Å²) in [4.78, 5) is 23.6. The number of rotatable bonds is 3. The highest BCUT2D eigenvalue weighted by Gasteiger charge is 2.30. The number of carbonyl (C=O) groups is 2. The largest absolute Gasteiger partial charge is 0.444 e. The molecule has 22 heavy (non-hydrogen) atoms. The van der Waals surface area contributed by atoms with Crippen LogP contribution in [0.5, 0.6) is 0 Å². The van der Waals surface area contributed by atoms with Gasteiger partial charge in [-0.25, -0.2) is 4.79 Å². The Labute approximate surface area is 130 Å². The van der Waals surface area contributed by atoms with E-state index in [-0.39, 0.29) is 0 Å². The summed E-state index contributed by atoms with van der Waals surface area (Å²) in [6.45, 7) is 7.00. The van der Waals surface area contributed by atoms with Crippen molar-refractivity contribution in [1.29, 1.82) is 0 Å². The van der Waals surface area contributed by atoms with Gasteiger partial charge in [-0.05, 0) is 56.8 Å². The molecule has 5 nitrogen and oxygen atoms in total. The molecule has 0 aliphatic carbocycles. The van der Waals surface area contributed by atoms with Crippen LogP contribution in [0.25, 0.3) is 10.9 Å². The maximum absolute atomic E-state index is 12.0. The van der Waals surface area contributed by atoms with Gasteiger partial charge in [-0.15, -0.1) is 0 Å². The molecule has 1 aromatic heterocycles. The molecule has 0 aliphatic rings. The number of amides is 1. The Morgan fingerprint density at radius 1 is 1.23 bits per heavy atom. The van der Waals surface area contributed by atoms with E-state index < -0.39 is 17.2 Å². The van der Waals surface area contributed by atoms with Crippen molar-refractivity contribution >= 4 is 23.3 Å². The highest BCUT2D eigenvalue weighted by molar-refractivity contribution is 5.84. The second kappa shape index (κ2) is 5.48. The molecule has 1 unspecified atom stereocenters. The number of aldehydes is 1. The van der Waals surface area contributed by atoms with E-state index in [1.807, 2.05) is 42.1 Å². The van der Waals surface area contributed by atoms with E-state index >= 15 is 0 Å². The number of nitrogens with one attached hydrogen (secondary N) is 1. The summed E-state index contributed by atoms with van der Waals surface area (Å²) in [5, 5.41) is 3.66. The van der Waals surface area contributed by atoms with Crippen LogP contribution in [0.3, 0.4) is 0 Å². The summed E-state index contributed by atoms with van der Waals surface area (Å²) in [5.41, 5.74) is 0.0326. The SMILES string of the molecule is Cn1ccc2cc(C(C)(C=O)NC(=O)OC(C)(C)C)ccc21. The second-order valence-electron chi connectivity index (χ2n) is 6.65. The van der Waals surface area contributed by atoms with E-state index in [2.05, 4.69) is 5.32 Å². The number of nitrogens with zero attached hydrogens (tertiary/aromatic N) is 1. The number of aryl methyl sites for hydroxylation is 1. The topological polar surface area (TPSA) is 60.3 Å². The smallest absolute Gasteiger partial charge is 0.408 e. The van der Waals surface area contributed by atoms with E-state index in [1.165, 1.54) is 0 Å². The van der Waals surface area contributed by atoms with E-state index in [0.717, 1.165) is 17.2 Å². The van der Waals surface area contributed by atoms with Crippen LogP contribution >= 0.6 is 0 Å². The number of benzene rings is 1. The average molecular weight is 302 g/mol. The van der Waals surface area contributed by atoms with E-state index in [1.54, 1.807) is 27.7 Å². The van der Waals surface area contributed by atoms with E-state index in [0.29, 0.717) is 5.56 Å². The molecule has 0 spiro atoms. The minimum absolute atomic E-state index is 0.614. The molecule has 0 fully saturated rings. The fourth-order valence-corrected chi connectivity index (χ4v) is 2.29. The summed E-state index contributed by atoms with van der Waals surface area (Å²) in [6, 6.07) is 7.65. The maximum Gasteiger partial charge on any atom is 0.408 e. The molecule has 2 aromatic rings. The standard InChI is InChI=1S/C17H22N2O3/c1-16(2,3)22-15(21)18-17(4,11-20)13-6-7-14-12(10-13)8-9-19(14)5/h6-11H,1-5H3,(H,18,21). The van der Waals surface area contributed by atoms with Gasteiger partial charge in [0.2, 0.25) is 0 Å². The van der Waals surface area contributed by atoms with Gasteiger partial charge < -0.3 is 19.4 Å². The Hall–Kier alpha value is -2.30. The van der Waals surface area contributed by atoms with Crippen LogP contribution in [0.15, 0.2) is 30.5 Å². The van der Waals surface area contributed by atoms with Gasteiger partial charge in [0.15, 0.2) is 0 Å². The quantitative estimate of drug-likeness (QED) is 0.886. The lowest BCUT2D eigenvalue weighted by atomic mass is 9.93. The van der Waals surface area contributed by atoms with E-state index in [4.69, 9.17) is 4.74 Å². The van der Waals surface area contributed by atoms with Gasteiger partial charge >= 0.3 is 6.09 Å². The number of aromatic nitrogens is 1. The van der Waals surface area contributed by atoms with Crippen molar-refractivity contribution in [3.05, 3.63) is 36.0 Å².